The van der Waals surface area contributed by atoms with E-state index in [-0.39, 0.29) is 61.1 Å². The van der Waals surface area contributed by atoms with Crippen LogP contribution < -0.4 is 41.8 Å². The van der Waals surface area contributed by atoms with E-state index in [1.807, 2.05) is 65.7 Å². The molecular formula is C56H64N12O9. The maximum absolute atomic E-state index is 14.3. The van der Waals surface area contributed by atoms with E-state index in [9.17, 15) is 33.6 Å². The van der Waals surface area contributed by atoms with Gasteiger partial charge in [-0.25, -0.2) is 14.8 Å². The molecule has 1 aliphatic carbocycles. The number of nitrogens with one attached hydrogen (secondary N) is 4. The standard InChI is InChI=1S/C56H64N12O9/c1-32-29-68(52(73)36-12-16-46(76-5)45(26-36)66-24-20-48(71)62-55(66)75)33(2)28-67(32)38-18-22-65(23-19-38)54-61-43-15-11-35(42-30-64(4)53(74)49-40(42)17-21-58-49)25-41(43)50(63-54)56(77-39-13-14-39,37-9-7-6-8-10-37)31-59-51(72)44(27-47(57)70)60-34(3)69/h6-12,15-17,21,25-26,30,32-33,38-39,44,58H,13-14,18-20,22-24,27-29,31H2,1-5H3,(H2,57,70)(H,59,72)(H,60,69)(H,62,71,75)/t32-,33+,44?,56?/m1/s1. The molecule has 1 saturated carbocycles. The van der Waals surface area contributed by atoms with E-state index >= 15 is 0 Å². The topological polar surface area (TPSA) is 260 Å². The first kappa shape index (κ1) is 52.3. The highest BCUT2D eigenvalue weighted by Gasteiger charge is 2.46. The summed E-state index contributed by atoms with van der Waals surface area (Å²) < 4.78 is 14.3. The number of methoxy groups -OCH3 is 1. The number of carbonyl (C=O) groups excluding carboxylic acids is 6. The second-order valence-corrected chi connectivity index (χ2v) is 20.7. The Morgan fingerprint density at radius 1 is 0.896 bits per heavy atom. The van der Waals surface area contributed by atoms with E-state index in [1.165, 1.54) is 18.9 Å². The van der Waals surface area contributed by atoms with E-state index < -0.39 is 41.8 Å². The third-order valence-corrected chi connectivity index (χ3v) is 15.3. The van der Waals surface area contributed by atoms with E-state index in [0.29, 0.717) is 76.8 Å². The van der Waals surface area contributed by atoms with E-state index in [4.69, 9.17) is 25.2 Å². The highest BCUT2D eigenvalue weighted by Crippen LogP contribution is 2.44. The number of primary amides is 1. The van der Waals surface area contributed by atoms with Gasteiger partial charge in [0.15, 0.2) is 5.60 Å². The van der Waals surface area contributed by atoms with Crippen molar-refractivity contribution in [2.45, 2.75) is 95.2 Å². The van der Waals surface area contributed by atoms with Crippen LogP contribution in [0.1, 0.15) is 80.9 Å². The van der Waals surface area contributed by atoms with E-state index in [2.05, 4.69) is 44.6 Å². The van der Waals surface area contributed by atoms with Crippen LogP contribution in [0.3, 0.4) is 0 Å². The third-order valence-electron chi connectivity index (χ3n) is 15.3. The fourth-order valence-electron chi connectivity index (χ4n) is 11.2. The number of urea groups is 1. The number of amides is 7. The number of piperazine rings is 1. The number of nitrogens with zero attached hydrogens (tertiary/aromatic N) is 7. The summed E-state index contributed by atoms with van der Waals surface area (Å²) in [7, 11) is 3.21. The molecule has 6 heterocycles. The molecular weight excluding hydrogens is 985 g/mol. The second-order valence-electron chi connectivity index (χ2n) is 20.7. The number of aromatic amines is 1. The summed E-state index contributed by atoms with van der Waals surface area (Å²) in [5.74, 6) is -1.49. The minimum atomic E-state index is -1.43. The van der Waals surface area contributed by atoms with Gasteiger partial charge in [0.2, 0.25) is 29.6 Å². The zero-order valence-electron chi connectivity index (χ0n) is 43.8. The van der Waals surface area contributed by atoms with Gasteiger partial charge in [0.1, 0.15) is 17.3 Å². The molecule has 21 nitrogen and oxygen atoms in total. The monoisotopic (exact) mass is 1050 g/mol. The Bertz CT molecular complexity index is 3340. The highest BCUT2D eigenvalue weighted by molar-refractivity contribution is 6.07. The van der Waals surface area contributed by atoms with Crippen molar-refractivity contribution >= 4 is 69.0 Å². The Balaban J connectivity index is 0.965. The molecule has 402 valence electrons. The number of piperidine rings is 1. The summed E-state index contributed by atoms with van der Waals surface area (Å²) in [5.41, 5.74) is 8.73. The van der Waals surface area contributed by atoms with Crippen LogP contribution in [0.15, 0.2) is 90.0 Å². The van der Waals surface area contributed by atoms with E-state index in [0.717, 1.165) is 42.2 Å². The maximum atomic E-state index is 14.3. The number of carbonyl (C=O) groups is 6. The number of anilines is 2. The van der Waals surface area contributed by atoms with Crippen molar-refractivity contribution in [3.63, 3.8) is 0 Å². The first-order valence-corrected chi connectivity index (χ1v) is 26.2. The quantitative estimate of drug-likeness (QED) is 0.0918. The third kappa shape index (κ3) is 10.6. The van der Waals surface area contributed by atoms with Gasteiger partial charge in [-0.2, -0.15) is 0 Å². The maximum Gasteiger partial charge on any atom is 0.328 e. The Kier molecular flexibility index (Phi) is 14.6. The number of hydrogen-bond donors (Lipinski definition) is 5. The first-order valence-electron chi connectivity index (χ1n) is 26.2. The van der Waals surface area contributed by atoms with Crippen LogP contribution in [0.2, 0.25) is 0 Å². The normalized spacial score (nSPS) is 19.7. The molecule has 0 radical (unpaired) electrons. The Morgan fingerprint density at radius 3 is 2.36 bits per heavy atom. The van der Waals surface area contributed by atoms with Gasteiger partial charge in [0, 0.05) is 106 Å². The number of hydrogen-bond acceptors (Lipinski definition) is 13. The summed E-state index contributed by atoms with van der Waals surface area (Å²) in [5, 5.41) is 9.36. The van der Waals surface area contributed by atoms with Gasteiger partial charge < -0.3 is 45.2 Å². The molecule has 0 spiro atoms. The van der Waals surface area contributed by atoms with Gasteiger partial charge in [0.25, 0.3) is 11.5 Å². The van der Waals surface area contributed by atoms with Crippen LogP contribution in [-0.2, 0) is 36.6 Å². The molecule has 10 rings (SSSR count). The van der Waals surface area contributed by atoms with Gasteiger partial charge in [-0.3, -0.25) is 43.9 Å². The molecule has 2 unspecified atom stereocenters. The lowest BCUT2D eigenvalue weighted by Crippen LogP contribution is -2.61. The number of rotatable bonds is 16. The van der Waals surface area contributed by atoms with Crippen molar-refractivity contribution in [1.29, 1.82) is 0 Å². The summed E-state index contributed by atoms with van der Waals surface area (Å²) >= 11 is 0. The lowest BCUT2D eigenvalue weighted by atomic mass is 9.86. The Hall–Kier alpha value is -8.17. The SMILES string of the molecule is COc1ccc(C(=O)N2C[C@@H](C)N(C3CCN(c4nc(C(CNC(=O)C(CC(N)=O)NC(C)=O)(OC5CC5)c5ccccc5)c5cc(-c6cn(C)c(=O)c7[nH]ccc67)ccc5n4)CC3)C[C@@H]2C)cc1N1CCC(=O)NC1=O. The zero-order chi connectivity index (χ0) is 54.3. The van der Waals surface area contributed by atoms with Gasteiger partial charge in [-0.1, -0.05) is 36.4 Å². The van der Waals surface area contributed by atoms with Gasteiger partial charge in [-0.05, 0) is 87.1 Å². The number of fused-ring (bicyclic) bond motifs is 2. The molecule has 3 aliphatic heterocycles. The van der Waals surface area contributed by atoms with E-state index in [1.54, 1.807) is 36.0 Å². The van der Waals surface area contributed by atoms with Crippen molar-refractivity contribution < 1.29 is 38.2 Å². The fourth-order valence-corrected chi connectivity index (χ4v) is 11.2. The molecule has 21 heteroatoms. The van der Waals surface area contributed by atoms with Crippen molar-refractivity contribution in [3.05, 3.63) is 112 Å². The molecule has 4 atom stereocenters. The summed E-state index contributed by atoms with van der Waals surface area (Å²) in [6.07, 6.45) is 6.22. The number of aryl methyl sites for hydroxylation is 1. The van der Waals surface area contributed by atoms with Crippen molar-refractivity contribution in [2.24, 2.45) is 12.8 Å². The molecule has 3 aromatic heterocycles. The molecule has 0 bridgehead atoms. The molecule has 7 amide bonds. The smallest absolute Gasteiger partial charge is 0.328 e. The molecule has 6 N–H and O–H groups in total. The number of pyridine rings is 1. The van der Waals surface area contributed by atoms with Gasteiger partial charge >= 0.3 is 6.03 Å². The van der Waals surface area contributed by atoms with Crippen LogP contribution in [0, 0.1) is 0 Å². The molecule has 4 aliphatic rings. The molecule has 3 saturated heterocycles. The lowest BCUT2D eigenvalue weighted by molar-refractivity contribution is -0.131. The first-order chi connectivity index (χ1) is 37.0. The Morgan fingerprint density at radius 2 is 1.66 bits per heavy atom. The molecule has 4 fully saturated rings. The van der Waals surface area contributed by atoms with Crippen LogP contribution in [0.25, 0.3) is 32.9 Å². The second kappa shape index (κ2) is 21.5. The Labute approximate surface area is 444 Å². The van der Waals surface area contributed by atoms with Crippen molar-refractivity contribution in [1.82, 2.24) is 45.3 Å². The molecule has 3 aromatic carbocycles. The van der Waals surface area contributed by atoms with Crippen LogP contribution >= 0.6 is 0 Å². The molecule has 77 heavy (non-hydrogen) atoms. The summed E-state index contributed by atoms with van der Waals surface area (Å²) in [6.45, 7) is 7.86. The number of benzene rings is 3. The highest BCUT2D eigenvalue weighted by atomic mass is 16.5. The lowest BCUT2D eigenvalue weighted by Gasteiger charge is -2.49. The average molecular weight is 1050 g/mol. The number of ether oxygens (including phenoxy) is 2. The van der Waals surface area contributed by atoms with Crippen molar-refractivity contribution in [3.8, 4) is 16.9 Å². The minimum absolute atomic E-state index is 0.0232. The summed E-state index contributed by atoms with van der Waals surface area (Å²) in [4.78, 5) is 113. The largest absolute Gasteiger partial charge is 0.495 e. The number of H-pyrrole nitrogens is 1. The number of imide groups is 1. The van der Waals surface area contributed by atoms with Crippen molar-refractivity contribution in [2.75, 3.05) is 56.2 Å². The predicted octanol–water partition coefficient (Wildman–Crippen LogP) is 4.05. The fraction of sp³-hybridized carbons (Fsp3) is 0.411. The van der Waals surface area contributed by atoms with Gasteiger partial charge in [0.05, 0.1) is 43.1 Å². The number of aromatic nitrogens is 4. The van der Waals surface area contributed by atoms with Crippen LogP contribution in [-0.4, -0.2) is 142 Å². The van der Waals surface area contributed by atoms with Crippen LogP contribution in [0.5, 0.6) is 5.75 Å². The predicted molar refractivity (Wildman–Crippen MR) is 288 cm³/mol. The van der Waals surface area contributed by atoms with Gasteiger partial charge in [-0.15, -0.1) is 0 Å². The van der Waals surface area contributed by atoms with Crippen LogP contribution in [0.4, 0.5) is 16.4 Å². The average Bonchev–Trinajstić information content (AvgIpc) is 4.13. The molecule has 6 aromatic rings. The zero-order valence-corrected chi connectivity index (χ0v) is 43.8. The summed E-state index contributed by atoms with van der Waals surface area (Å²) in [6, 6.07) is 20.7. The minimum Gasteiger partial charge on any atom is -0.495 e. The number of nitrogens with two attached hydrogens (primary N) is 1.